The number of furan rings is 1. The Balaban J connectivity index is 2.77. The minimum Gasteiger partial charge on any atom is -0.459 e. The molecule has 0 atom stereocenters. The number of hydrogen-bond donors (Lipinski definition) is 1. The van der Waals surface area contributed by atoms with Crippen LogP contribution in [0.3, 0.4) is 0 Å². The molecule has 2 nitrogen and oxygen atoms in total. The predicted molar refractivity (Wildman–Crippen MR) is 68.2 cm³/mol. The lowest BCUT2D eigenvalue weighted by Gasteiger charge is -2.03. The predicted octanol–water partition coefficient (Wildman–Crippen LogP) is 3.73. The highest BCUT2D eigenvalue weighted by Gasteiger charge is 2.15. The van der Waals surface area contributed by atoms with Gasteiger partial charge in [0.05, 0.1) is 6.54 Å². The van der Waals surface area contributed by atoms with Gasteiger partial charge in [-0.25, -0.2) is 0 Å². The summed E-state index contributed by atoms with van der Waals surface area (Å²) in [5.74, 6) is 0.988. The second-order valence-electron chi connectivity index (χ2n) is 4.19. The molecule has 0 spiro atoms. The van der Waals surface area contributed by atoms with Crippen LogP contribution in [0.1, 0.15) is 22.5 Å². The van der Waals surface area contributed by atoms with Crippen molar-refractivity contribution in [1.82, 2.24) is 5.32 Å². The van der Waals surface area contributed by atoms with E-state index < -0.39 is 0 Å². The molecule has 2 rings (SSSR count). The summed E-state index contributed by atoms with van der Waals surface area (Å²) >= 11 is 6.26. The Kier molecular flexibility index (Phi) is 2.96. The zero-order valence-electron chi connectivity index (χ0n) is 10.1. The fourth-order valence-electron chi connectivity index (χ4n) is 2.15. The number of aryl methyl sites for hydroxylation is 3. The van der Waals surface area contributed by atoms with Crippen LogP contribution in [-0.4, -0.2) is 7.05 Å². The van der Waals surface area contributed by atoms with Crippen molar-refractivity contribution >= 4 is 22.6 Å². The van der Waals surface area contributed by atoms with Gasteiger partial charge < -0.3 is 9.73 Å². The van der Waals surface area contributed by atoms with Crippen LogP contribution in [-0.2, 0) is 6.54 Å². The van der Waals surface area contributed by atoms with E-state index in [1.54, 1.807) is 0 Å². The molecule has 1 aromatic heterocycles. The molecule has 0 saturated heterocycles. The summed E-state index contributed by atoms with van der Waals surface area (Å²) in [6, 6.07) is 2.01. The quantitative estimate of drug-likeness (QED) is 0.861. The van der Waals surface area contributed by atoms with Crippen LogP contribution in [0.15, 0.2) is 10.5 Å². The lowest BCUT2D eigenvalue weighted by atomic mass is 10.0. The van der Waals surface area contributed by atoms with E-state index in [1.807, 2.05) is 27.0 Å². The van der Waals surface area contributed by atoms with Crippen LogP contribution >= 0.6 is 11.6 Å². The maximum Gasteiger partial charge on any atom is 0.135 e. The molecular formula is C13H16ClNO. The van der Waals surface area contributed by atoms with E-state index in [2.05, 4.69) is 12.2 Å². The number of rotatable bonds is 2. The van der Waals surface area contributed by atoms with Gasteiger partial charge in [0.25, 0.3) is 0 Å². The highest BCUT2D eigenvalue weighted by Crippen LogP contribution is 2.34. The van der Waals surface area contributed by atoms with Crippen molar-refractivity contribution in [3.05, 3.63) is 33.5 Å². The fourth-order valence-corrected chi connectivity index (χ4v) is 2.30. The molecule has 1 aromatic carbocycles. The smallest absolute Gasteiger partial charge is 0.135 e. The first-order chi connectivity index (χ1) is 7.56. The van der Waals surface area contributed by atoms with Gasteiger partial charge in [0, 0.05) is 10.4 Å². The van der Waals surface area contributed by atoms with Crippen LogP contribution in [0.2, 0.25) is 5.02 Å². The third-order valence-corrected chi connectivity index (χ3v) is 3.59. The first kappa shape index (κ1) is 11.5. The third-order valence-electron chi connectivity index (χ3n) is 3.01. The lowest BCUT2D eigenvalue weighted by Crippen LogP contribution is -2.04. The average molecular weight is 238 g/mol. The largest absolute Gasteiger partial charge is 0.459 e. The number of hydrogen-bond acceptors (Lipinski definition) is 2. The van der Waals surface area contributed by atoms with Gasteiger partial charge in [-0.05, 0) is 50.6 Å². The van der Waals surface area contributed by atoms with Gasteiger partial charge in [0.1, 0.15) is 11.3 Å². The van der Waals surface area contributed by atoms with Crippen molar-refractivity contribution in [3.8, 4) is 0 Å². The van der Waals surface area contributed by atoms with E-state index in [0.717, 1.165) is 39.4 Å². The highest BCUT2D eigenvalue weighted by atomic mass is 35.5. The summed E-state index contributed by atoms with van der Waals surface area (Å²) in [6.07, 6.45) is 0. The molecular weight excluding hydrogens is 222 g/mol. The molecule has 1 N–H and O–H groups in total. The second-order valence-corrected chi connectivity index (χ2v) is 4.56. The minimum atomic E-state index is 0.747. The van der Waals surface area contributed by atoms with Gasteiger partial charge in [0.2, 0.25) is 0 Å². The molecule has 0 aliphatic heterocycles. The average Bonchev–Trinajstić information content (AvgIpc) is 2.53. The number of fused-ring (bicyclic) bond motifs is 1. The molecule has 0 amide bonds. The molecule has 1 heterocycles. The molecule has 0 unspecified atom stereocenters. The normalized spacial score (nSPS) is 11.3. The number of benzene rings is 1. The molecule has 0 aliphatic carbocycles. The summed E-state index contributed by atoms with van der Waals surface area (Å²) in [4.78, 5) is 0. The van der Waals surface area contributed by atoms with Crippen LogP contribution in [0.4, 0.5) is 0 Å². The van der Waals surface area contributed by atoms with Gasteiger partial charge in [-0.15, -0.1) is 0 Å². The van der Waals surface area contributed by atoms with Crippen molar-refractivity contribution in [2.45, 2.75) is 27.3 Å². The van der Waals surface area contributed by atoms with E-state index in [-0.39, 0.29) is 0 Å². The van der Waals surface area contributed by atoms with E-state index in [0.29, 0.717) is 0 Å². The van der Waals surface area contributed by atoms with Crippen LogP contribution < -0.4 is 5.32 Å². The van der Waals surface area contributed by atoms with Crippen LogP contribution in [0.25, 0.3) is 11.0 Å². The van der Waals surface area contributed by atoms with Crippen molar-refractivity contribution in [1.29, 1.82) is 0 Å². The standard InChI is InChI=1S/C13H16ClNO/c1-7-5-10-12(9(3)13(7)14)8(2)11(16-10)6-15-4/h5,15H,6H2,1-4H3. The summed E-state index contributed by atoms with van der Waals surface area (Å²) in [5, 5.41) is 5.10. The molecule has 16 heavy (non-hydrogen) atoms. The summed E-state index contributed by atoms with van der Waals surface area (Å²) in [5.41, 5.74) is 4.29. The Morgan fingerprint density at radius 3 is 2.56 bits per heavy atom. The van der Waals surface area contributed by atoms with Gasteiger partial charge in [0.15, 0.2) is 0 Å². The molecule has 0 aliphatic rings. The van der Waals surface area contributed by atoms with Crippen molar-refractivity contribution < 1.29 is 4.42 Å². The lowest BCUT2D eigenvalue weighted by molar-refractivity contribution is 0.527. The number of halogens is 1. The van der Waals surface area contributed by atoms with Crippen molar-refractivity contribution in [2.75, 3.05) is 7.05 Å². The summed E-state index contributed by atoms with van der Waals surface area (Å²) in [7, 11) is 1.91. The summed E-state index contributed by atoms with van der Waals surface area (Å²) < 4.78 is 5.83. The zero-order chi connectivity index (χ0) is 11.9. The maximum absolute atomic E-state index is 6.26. The van der Waals surface area contributed by atoms with E-state index in [4.69, 9.17) is 16.0 Å². The topological polar surface area (TPSA) is 25.2 Å². The van der Waals surface area contributed by atoms with Crippen LogP contribution in [0.5, 0.6) is 0 Å². The van der Waals surface area contributed by atoms with Gasteiger partial charge in [-0.1, -0.05) is 11.6 Å². The Hall–Kier alpha value is -0.990. The van der Waals surface area contributed by atoms with E-state index >= 15 is 0 Å². The maximum atomic E-state index is 6.26. The van der Waals surface area contributed by atoms with Crippen LogP contribution in [0, 0.1) is 20.8 Å². The monoisotopic (exact) mass is 237 g/mol. The van der Waals surface area contributed by atoms with E-state index in [1.165, 1.54) is 5.56 Å². The summed E-state index contributed by atoms with van der Waals surface area (Å²) in [6.45, 7) is 6.88. The Labute approximate surface area is 101 Å². The number of nitrogens with one attached hydrogen (secondary N) is 1. The Morgan fingerprint density at radius 2 is 1.94 bits per heavy atom. The molecule has 86 valence electrons. The third kappa shape index (κ3) is 1.62. The van der Waals surface area contributed by atoms with E-state index in [9.17, 15) is 0 Å². The molecule has 0 fully saturated rings. The van der Waals surface area contributed by atoms with Gasteiger partial charge >= 0.3 is 0 Å². The molecule has 0 radical (unpaired) electrons. The van der Waals surface area contributed by atoms with Gasteiger partial charge in [-0.3, -0.25) is 0 Å². The Morgan fingerprint density at radius 1 is 1.25 bits per heavy atom. The molecule has 2 aromatic rings. The second kappa shape index (κ2) is 4.11. The van der Waals surface area contributed by atoms with Gasteiger partial charge in [-0.2, -0.15) is 0 Å². The first-order valence-electron chi connectivity index (χ1n) is 5.38. The van der Waals surface area contributed by atoms with Crippen molar-refractivity contribution in [2.24, 2.45) is 0 Å². The molecule has 0 saturated carbocycles. The SMILES string of the molecule is CNCc1oc2cc(C)c(Cl)c(C)c2c1C. The zero-order valence-corrected chi connectivity index (χ0v) is 10.8. The molecule has 0 bridgehead atoms. The fraction of sp³-hybridized carbons (Fsp3) is 0.385. The first-order valence-corrected chi connectivity index (χ1v) is 5.76. The minimum absolute atomic E-state index is 0.747. The molecule has 3 heteroatoms. The Bertz CT molecular complexity index is 543. The highest BCUT2D eigenvalue weighted by molar-refractivity contribution is 6.33. The van der Waals surface area contributed by atoms with Crippen molar-refractivity contribution in [3.63, 3.8) is 0 Å².